The zero-order valence-corrected chi connectivity index (χ0v) is 11.9. The predicted octanol–water partition coefficient (Wildman–Crippen LogP) is 2.67. The SMILES string of the molecule is Cc1ccc(C(=O)NCC(O)c2ccc(C)o2)c(C)c1. The van der Waals surface area contributed by atoms with Crippen LogP contribution in [-0.2, 0) is 0 Å². The van der Waals surface area contributed by atoms with E-state index in [2.05, 4.69) is 5.32 Å². The second kappa shape index (κ2) is 5.92. The molecule has 0 saturated carbocycles. The fourth-order valence-electron chi connectivity index (χ4n) is 2.09. The predicted molar refractivity (Wildman–Crippen MR) is 76.7 cm³/mol. The Morgan fingerprint density at radius 1 is 1.25 bits per heavy atom. The molecule has 1 aromatic carbocycles. The normalized spacial score (nSPS) is 12.2. The smallest absolute Gasteiger partial charge is 0.251 e. The summed E-state index contributed by atoms with van der Waals surface area (Å²) in [5.41, 5.74) is 2.66. The van der Waals surface area contributed by atoms with Gasteiger partial charge in [-0.1, -0.05) is 17.7 Å². The Balaban J connectivity index is 1.98. The number of nitrogens with one attached hydrogen (secondary N) is 1. The van der Waals surface area contributed by atoms with Crippen molar-refractivity contribution < 1.29 is 14.3 Å². The molecule has 2 N–H and O–H groups in total. The van der Waals surface area contributed by atoms with Crippen molar-refractivity contribution in [1.29, 1.82) is 0 Å². The van der Waals surface area contributed by atoms with E-state index in [1.54, 1.807) is 18.2 Å². The molecule has 0 saturated heterocycles. The standard InChI is InChI=1S/C16H19NO3/c1-10-4-6-13(11(2)8-10)16(19)17-9-14(18)15-7-5-12(3)20-15/h4-8,14,18H,9H2,1-3H3,(H,17,19). The second-order valence-electron chi connectivity index (χ2n) is 4.99. The molecule has 2 rings (SSSR count). The van der Waals surface area contributed by atoms with Gasteiger partial charge in [-0.25, -0.2) is 0 Å². The van der Waals surface area contributed by atoms with Gasteiger partial charge in [0, 0.05) is 5.56 Å². The molecule has 0 fully saturated rings. The van der Waals surface area contributed by atoms with E-state index in [0.29, 0.717) is 11.3 Å². The van der Waals surface area contributed by atoms with Crippen LogP contribution in [0.4, 0.5) is 0 Å². The van der Waals surface area contributed by atoms with Crippen LogP contribution in [0.5, 0.6) is 0 Å². The third kappa shape index (κ3) is 3.27. The van der Waals surface area contributed by atoms with Gasteiger partial charge in [-0.05, 0) is 44.5 Å². The highest BCUT2D eigenvalue weighted by Crippen LogP contribution is 2.16. The molecule has 106 valence electrons. The van der Waals surface area contributed by atoms with Crippen molar-refractivity contribution in [2.75, 3.05) is 6.54 Å². The van der Waals surface area contributed by atoms with Gasteiger partial charge in [0.25, 0.3) is 5.91 Å². The molecule has 4 nitrogen and oxygen atoms in total. The zero-order chi connectivity index (χ0) is 14.7. The van der Waals surface area contributed by atoms with Crippen molar-refractivity contribution in [3.05, 3.63) is 58.5 Å². The summed E-state index contributed by atoms with van der Waals surface area (Å²) in [6, 6.07) is 9.15. The molecule has 0 spiro atoms. The number of aliphatic hydroxyl groups excluding tert-OH is 1. The molecule has 0 aliphatic rings. The highest BCUT2D eigenvalue weighted by molar-refractivity contribution is 5.95. The number of amides is 1. The summed E-state index contributed by atoms with van der Waals surface area (Å²) in [5.74, 6) is 1.01. The fourth-order valence-corrected chi connectivity index (χ4v) is 2.09. The Bertz CT molecular complexity index is 616. The average Bonchev–Trinajstić information content (AvgIpc) is 2.82. The topological polar surface area (TPSA) is 62.5 Å². The first-order valence-electron chi connectivity index (χ1n) is 6.57. The minimum atomic E-state index is -0.835. The van der Waals surface area contributed by atoms with Crippen molar-refractivity contribution in [3.63, 3.8) is 0 Å². The molecule has 1 unspecified atom stereocenters. The molecule has 0 aliphatic carbocycles. The van der Waals surface area contributed by atoms with Gasteiger partial charge in [-0.3, -0.25) is 4.79 Å². The van der Waals surface area contributed by atoms with E-state index in [9.17, 15) is 9.90 Å². The number of rotatable bonds is 4. The van der Waals surface area contributed by atoms with E-state index in [1.165, 1.54) is 0 Å². The lowest BCUT2D eigenvalue weighted by Crippen LogP contribution is -2.28. The number of benzene rings is 1. The van der Waals surface area contributed by atoms with Crippen LogP contribution >= 0.6 is 0 Å². The number of hydrogen-bond acceptors (Lipinski definition) is 3. The number of furan rings is 1. The van der Waals surface area contributed by atoms with Crippen molar-refractivity contribution in [1.82, 2.24) is 5.32 Å². The maximum absolute atomic E-state index is 12.1. The fraction of sp³-hybridized carbons (Fsp3) is 0.312. The number of carbonyl (C=O) groups excluding carboxylic acids is 1. The Kier molecular flexibility index (Phi) is 4.25. The Hall–Kier alpha value is -2.07. The third-order valence-corrected chi connectivity index (χ3v) is 3.17. The third-order valence-electron chi connectivity index (χ3n) is 3.17. The van der Waals surface area contributed by atoms with Crippen molar-refractivity contribution in [2.45, 2.75) is 26.9 Å². The van der Waals surface area contributed by atoms with Crippen LogP contribution in [0.25, 0.3) is 0 Å². The van der Waals surface area contributed by atoms with Crippen molar-refractivity contribution >= 4 is 5.91 Å². The summed E-state index contributed by atoms with van der Waals surface area (Å²) in [5, 5.41) is 12.7. The van der Waals surface area contributed by atoms with Gasteiger partial charge in [0.15, 0.2) is 0 Å². The Labute approximate surface area is 118 Å². The summed E-state index contributed by atoms with van der Waals surface area (Å²) in [4.78, 5) is 12.1. The minimum absolute atomic E-state index is 0.124. The van der Waals surface area contributed by atoms with Crippen LogP contribution in [-0.4, -0.2) is 17.6 Å². The van der Waals surface area contributed by atoms with Crippen molar-refractivity contribution in [2.24, 2.45) is 0 Å². The van der Waals surface area contributed by atoms with E-state index in [4.69, 9.17) is 4.42 Å². The monoisotopic (exact) mass is 273 g/mol. The van der Waals surface area contributed by atoms with Gasteiger partial charge in [0.2, 0.25) is 0 Å². The molecular weight excluding hydrogens is 254 g/mol. The summed E-state index contributed by atoms with van der Waals surface area (Å²) in [6.07, 6.45) is -0.835. The second-order valence-corrected chi connectivity index (χ2v) is 4.99. The molecule has 20 heavy (non-hydrogen) atoms. The molecule has 0 aliphatic heterocycles. The van der Waals surface area contributed by atoms with E-state index in [-0.39, 0.29) is 12.5 Å². The summed E-state index contributed by atoms with van der Waals surface area (Å²) in [6.45, 7) is 5.81. The first-order chi connectivity index (χ1) is 9.47. The lowest BCUT2D eigenvalue weighted by atomic mass is 10.1. The van der Waals surface area contributed by atoms with Crippen LogP contribution in [0.1, 0.15) is 39.1 Å². The number of hydrogen-bond donors (Lipinski definition) is 2. The molecule has 1 aromatic heterocycles. The Morgan fingerprint density at radius 2 is 2.00 bits per heavy atom. The summed E-state index contributed by atoms with van der Waals surface area (Å²) < 4.78 is 5.32. The van der Waals surface area contributed by atoms with Crippen LogP contribution in [0.3, 0.4) is 0 Å². The van der Waals surface area contributed by atoms with Gasteiger partial charge in [0.05, 0.1) is 6.54 Å². The van der Waals surface area contributed by atoms with Crippen LogP contribution in [0, 0.1) is 20.8 Å². The van der Waals surface area contributed by atoms with Gasteiger partial charge < -0.3 is 14.8 Å². The van der Waals surface area contributed by atoms with Crippen LogP contribution < -0.4 is 5.32 Å². The largest absolute Gasteiger partial charge is 0.464 e. The minimum Gasteiger partial charge on any atom is -0.464 e. The molecule has 4 heteroatoms. The van der Waals surface area contributed by atoms with Gasteiger partial charge in [-0.2, -0.15) is 0 Å². The molecule has 0 bridgehead atoms. The quantitative estimate of drug-likeness (QED) is 0.900. The molecule has 2 aromatic rings. The van der Waals surface area contributed by atoms with Crippen molar-refractivity contribution in [3.8, 4) is 0 Å². The molecule has 1 heterocycles. The molecule has 1 atom stereocenters. The highest BCUT2D eigenvalue weighted by Gasteiger charge is 2.14. The first kappa shape index (κ1) is 14.3. The summed E-state index contributed by atoms with van der Waals surface area (Å²) in [7, 11) is 0. The van der Waals surface area contributed by atoms with E-state index < -0.39 is 6.10 Å². The van der Waals surface area contributed by atoms with E-state index >= 15 is 0 Å². The maximum atomic E-state index is 12.1. The first-order valence-corrected chi connectivity index (χ1v) is 6.57. The lowest BCUT2D eigenvalue weighted by molar-refractivity contribution is 0.0900. The van der Waals surface area contributed by atoms with E-state index in [1.807, 2.05) is 32.9 Å². The van der Waals surface area contributed by atoms with Crippen LogP contribution in [0.2, 0.25) is 0 Å². The maximum Gasteiger partial charge on any atom is 0.251 e. The Morgan fingerprint density at radius 3 is 2.60 bits per heavy atom. The highest BCUT2D eigenvalue weighted by atomic mass is 16.4. The zero-order valence-electron chi connectivity index (χ0n) is 11.9. The van der Waals surface area contributed by atoms with Gasteiger partial charge in [0.1, 0.15) is 17.6 Å². The van der Waals surface area contributed by atoms with E-state index in [0.717, 1.165) is 16.9 Å². The molecule has 1 amide bonds. The molecule has 0 radical (unpaired) electrons. The number of carbonyl (C=O) groups is 1. The molecular formula is C16H19NO3. The number of aryl methyl sites for hydroxylation is 3. The number of aliphatic hydroxyl groups is 1. The summed E-state index contributed by atoms with van der Waals surface area (Å²) >= 11 is 0. The lowest BCUT2D eigenvalue weighted by Gasteiger charge is -2.11. The van der Waals surface area contributed by atoms with Crippen LogP contribution in [0.15, 0.2) is 34.7 Å². The average molecular weight is 273 g/mol. The van der Waals surface area contributed by atoms with Gasteiger partial charge >= 0.3 is 0 Å². The van der Waals surface area contributed by atoms with Gasteiger partial charge in [-0.15, -0.1) is 0 Å².